The first-order valence-electron chi connectivity index (χ1n) is 6.08. The van der Waals surface area contributed by atoms with Crippen molar-refractivity contribution in [2.75, 3.05) is 5.32 Å². The molecule has 2 rings (SSSR count). The number of hydrogen-bond acceptors (Lipinski definition) is 4. The van der Waals surface area contributed by atoms with Crippen LogP contribution < -0.4 is 5.32 Å². The number of carboxylic acids is 1. The van der Waals surface area contributed by atoms with Crippen LogP contribution >= 0.6 is 0 Å². The van der Waals surface area contributed by atoms with Crippen molar-refractivity contribution in [3.05, 3.63) is 52.5 Å². The fourth-order valence-electron chi connectivity index (χ4n) is 1.91. The zero-order valence-corrected chi connectivity index (χ0v) is 11.2. The third-order valence-electron chi connectivity index (χ3n) is 3.02. The average molecular weight is 270 g/mol. The van der Waals surface area contributed by atoms with E-state index in [-0.39, 0.29) is 5.56 Å². The number of aryl methyl sites for hydroxylation is 2. The molecule has 5 nitrogen and oxygen atoms in total. The van der Waals surface area contributed by atoms with E-state index in [9.17, 15) is 4.79 Å². The SMILES string of the molecule is Cc1ccc(C#N)cc1NCc1cc(C(=O)O)c(C)o1. The van der Waals surface area contributed by atoms with Gasteiger partial charge in [0.15, 0.2) is 0 Å². The van der Waals surface area contributed by atoms with Gasteiger partial charge in [0, 0.05) is 5.69 Å². The van der Waals surface area contributed by atoms with E-state index in [4.69, 9.17) is 14.8 Å². The van der Waals surface area contributed by atoms with E-state index in [1.54, 1.807) is 19.1 Å². The fraction of sp³-hybridized carbons (Fsp3) is 0.200. The number of hydrogen-bond donors (Lipinski definition) is 2. The van der Waals surface area contributed by atoms with Crippen molar-refractivity contribution in [3.8, 4) is 6.07 Å². The van der Waals surface area contributed by atoms with Crippen LogP contribution in [0.15, 0.2) is 28.7 Å². The van der Waals surface area contributed by atoms with Crippen LogP contribution in [0.25, 0.3) is 0 Å². The summed E-state index contributed by atoms with van der Waals surface area (Å²) < 4.78 is 5.39. The summed E-state index contributed by atoms with van der Waals surface area (Å²) in [5.74, 6) is -0.0707. The molecule has 2 aromatic rings. The minimum absolute atomic E-state index is 0.171. The van der Waals surface area contributed by atoms with E-state index < -0.39 is 5.97 Å². The Morgan fingerprint density at radius 3 is 2.75 bits per heavy atom. The molecule has 0 amide bonds. The monoisotopic (exact) mass is 270 g/mol. The zero-order valence-electron chi connectivity index (χ0n) is 11.2. The van der Waals surface area contributed by atoms with Crippen molar-refractivity contribution >= 4 is 11.7 Å². The Kier molecular flexibility index (Phi) is 3.76. The maximum atomic E-state index is 10.9. The summed E-state index contributed by atoms with van der Waals surface area (Å²) >= 11 is 0. The molecule has 5 heteroatoms. The van der Waals surface area contributed by atoms with Crippen LogP contribution in [0.3, 0.4) is 0 Å². The molecule has 1 aromatic carbocycles. The Balaban J connectivity index is 2.15. The lowest BCUT2D eigenvalue weighted by Crippen LogP contribution is -2.00. The van der Waals surface area contributed by atoms with Crippen LogP contribution in [0, 0.1) is 25.2 Å². The number of aromatic carboxylic acids is 1. The first-order chi connectivity index (χ1) is 9.51. The minimum Gasteiger partial charge on any atom is -0.478 e. The quantitative estimate of drug-likeness (QED) is 0.891. The molecule has 0 atom stereocenters. The third-order valence-corrected chi connectivity index (χ3v) is 3.02. The van der Waals surface area contributed by atoms with Crippen molar-refractivity contribution in [2.45, 2.75) is 20.4 Å². The highest BCUT2D eigenvalue weighted by Crippen LogP contribution is 2.19. The molecular weight excluding hydrogens is 256 g/mol. The lowest BCUT2D eigenvalue weighted by molar-refractivity contribution is 0.0695. The number of nitriles is 1. The van der Waals surface area contributed by atoms with Crippen LogP contribution in [0.4, 0.5) is 5.69 Å². The normalized spacial score (nSPS) is 10.1. The molecular formula is C15H14N2O3. The van der Waals surface area contributed by atoms with Crippen molar-refractivity contribution in [3.63, 3.8) is 0 Å². The van der Waals surface area contributed by atoms with Gasteiger partial charge in [-0.2, -0.15) is 5.26 Å². The first kappa shape index (κ1) is 13.7. The Morgan fingerprint density at radius 2 is 2.15 bits per heavy atom. The van der Waals surface area contributed by atoms with Gasteiger partial charge in [-0.1, -0.05) is 6.07 Å². The standard InChI is InChI=1S/C15H14N2O3/c1-9-3-4-11(7-16)5-14(9)17-8-12-6-13(15(18)19)10(2)20-12/h3-6,17H,8H2,1-2H3,(H,18,19). The molecule has 1 heterocycles. The second kappa shape index (κ2) is 5.49. The second-order valence-electron chi connectivity index (χ2n) is 4.48. The predicted molar refractivity (Wildman–Crippen MR) is 73.6 cm³/mol. The highest BCUT2D eigenvalue weighted by atomic mass is 16.4. The van der Waals surface area contributed by atoms with Crippen molar-refractivity contribution in [1.29, 1.82) is 5.26 Å². The van der Waals surface area contributed by atoms with Gasteiger partial charge < -0.3 is 14.8 Å². The summed E-state index contributed by atoms with van der Waals surface area (Å²) in [7, 11) is 0. The number of anilines is 1. The van der Waals surface area contributed by atoms with Gasteiger partial charge in [-0.25, -0.2) is 4.79 Å². The Morgan fingerprint density at radius 1 is 1.40 bits per heavy atom. The van der Waals surface area contributed by atoms with E-state index in [0.717, 1.165) is 11.3 Å². The van der Waals surface area contributed by atoms with Crippen molar-refractivity contribution in [2.24, 2.45) is 0 Å². The molecule has 0 saturated carbocycles. The van der Waals surface area contributed by atoms with Gasteiger partial charge in [0.05, 0.1) is 18.2 Å². The topological polar surface area (TPSA) is 86.3 Å². The summed E-state index contributed by atoms with van der Waals surface area (Å²) in [5, 5.41) is 21.0. The summed E-state index contributed by atoms with van der Waals surface area (Å²) in [6.45, 7) is 3.91. The molecule has 0 aliphatic carbocycles. The van der Waals surface area contributed by atoms with Gasteiger partial charge in [0.1, 0.15) is 17.1 Å². The van der Waals surface area contributed by atoms with E-state index in [1.807, 2.05) is 13.0 Å². The number of nitrogens with one attached hydrogen (secondary N) is 1. The number of carboxylic acid groups (broad SMARTS) is 1. The average Bonchev–Trinajstić information content (AvgIpc) is 2.79. The van der Waals surface area contributed by atoms with Crippen LogP contribution in [0.1, 0.15) is 33.0 Å². The Hall–Kier alpha value is -2.74. The van der Waals surface area contributed by atoms with Gasteiger partial charge in [-0.15, -0.1) is 0 Å². The molecule has 0 aliphatic heterocycles. The molecule has 0 spiro atoms. The van der Waals surface area contributed by atoms with Crippen LogP contribution in [-0.4, -0.2) is 11.1 Å². The molecule has 0 aliphatic rings. The highest BCUT2D eigenvalue weighted by Gasteiger charge is 2.13. The maximum absolute atomic E-state index is 10.9. The Bertz CT molecular complexity index is 696. The van der Waals surface area contributed by atoms with Gasteiger partial charge in [0.25, 0.3) is 0 Å². The van der Waals surface area contributed by atoms with Gasteiger partial charge >= 0.3 is 5.97 Å². The van der Waals surface area contributed by atoms with E-state index in [0.29, 0.717) is 23.6 Å². The number of carbonyl (C=O) groups is 1. The summed E-state index contributed by atoms with van der Waals surface area (Å²) in [5.41, 5.74) is 2.57. The number of benzene rings is 1. The molecule has 0 unspecified atom stereocenters. The predicted octanol–water partition coefficient (Wildman–Crippen LogP) is 3.08. The molecule has 1 aromatic heterocycles. The number of nitrogens with zero attached hydrogens (tertiary/aromatic N) is 1. The number of furan rings is 1. The minimum atomic E-state index is -1.000. The fourth-order valence-corrected chi connectivity index (χ4v) is 1.91. The van der Waals surface area contributed by atoms with E-state index in [2.05, 4.69) is 11.4 Å². The first-order valence-corrected chi connectivity index (χ1v) is 6.08. The van der Waals surface area contributed by atoms with Crippen LogP contribution in [-0.2, 0) is 6.54 Å². The van der Waals surface area contributed by atoms with Crippen molar-refractivity contribution < 1.29 is 14.3 Å². The molecule has 0 saturated heterocycles. The molecule has 20 heavy (non-hydrogen) atoms. The van der Waals surface area contributed by atoms with E-state index in [1.165, 1.54) is 6.07 Å². The lowest BCUT2D eigenvalue weighted by Gasteiger charge is -2.08. The smallest absolute Gasteiger partial charge is 0.339 e. The van der Waals surface area contributed by atoms with E-state index >= 15 is 0 Å². The largest absolute Gasteiger partial charge is 0.478 e. The molecule has 0 bridgehead atoms. The molecule has 102 valence electrons. The second-order valence-corrected chi connectivity index (χ2v) is 4.48. The molecule has 2 N–H and O–H groups in total. The van der Waals surface area contributed by atoms with Gasteiger partial charge in [-0.3, -0.25) is 0 Å². The van der Waals surface area contributed by atoms with Crippen LogP contribution in [0.2, 0.25) is 0 Å². The molecule has 0 fully saturated rings. The molecule has 0 radical (unpaired) electrons. The zero-order chi connectivity index (χ0) is 14.7. The summed E-state index contributed by atoms with van der Waals surface area (Å²) in [6.07, 6.45) is 0. The van der Waals surface area contributed by atoms with Crippen LogP contribution in [0.5, 0.6) is 0 Å². The number of rotatable bonds is 4. The maximum Gasteiger partial charge on any atom is 0.339 e. The summed E-state index contributed by atoms with van der Waals surface area (Å²) in [6, 6.07) is 8.95. The highest BCUT2D eigenvalue weighted by molar-refractivity contribution is 5.88. The lowest BCUT2D eigenvalue weighted by atomic mass is 10.1. The summed E-state index contributed by atoms with van der Waals surface area (Å²) in [4.78, 5) is 10.9. The van der Waals surface area contributed by atoms with Crippen molar-refractivity contribution in [1.82, 2.24) is 0 Å². The third kappa shape index (κ3) is 2.81. The van der Waals surface area contributed by atoms with Gasteiger partial charge in [-0.05, 0) is 37.6 Å². The van der Waals surface area contributed by atoms with Gasteiger partial charge in [0.2, 0.25) is 0 Å². The Labute approximate surface area is 116 Å².